The van der Waals surface area contributed by atoms with E-state index in [4.69, 9.17) is 4.74 Å². The van der Waals surface area contributed by atoms with Crippen molar-refractivity contribution in [2.75, 3.05) is 0 Å². The Kier molecular flexibility index (Phi) is 4.56. The molecule has 0 heterocycles. The van der Waals surface area contributed by atoms with Gasteiger partial charge in [-0.15, -0.1) is 0 Å². The van der Waals surface area contributed by atoms with Crippen molar-refractivity contribution in [3.63, 3.8) is 0 Å². The molecule has 4 saturated carbocycles. The third-order valence-corrected chi connectivity index (χ3v) is 9.26. The number of ketones is 1. The zero-order chi connectivity index (χ0) is 19.6. The van der Waals surface area contributed by atoms with E-state index in [0.717, 1.165) is 37.5 Å². The number of carbonyl (C=O) groups excluding carboxylic acids is 2. The maximum absolute atomic E-state index is 12.5. The Labute approximate surface area is 165 Å². The minimum Gasteiger partial charge on any atom is -0.461 e. The minimum absolute atomic E-state index is 0.0436. The van der Waals surface area contributed by atoms with Crippen LogP contribution in [0.2, 0.25) is 0 Å². The maximum atomic E-state index is 12.5. The highest BCUT2D eigenvalue weighted by atomic mass is 16.5. The Morgan fingerprint density at radius 3 is 2.37 bits per heavy atom. The van der Waals surface area contributed by atoms with Crippen LogP contribution in [-0.2, 0) is 14.3 Å². The topological polar surface area (TPSA) is 43.4 Å². The van der Waals surface area contributed by atoms with Crippen LogP contribution in [0.3, 0.4) is 0 Å². The van der Waals surface area contributed by atoms with Gasteiger partial charge in [0.25, 0.3) is 0 Å². The summed E-state index contributed by atoms with van der Waals surface area (Å²) in [4.78, 5) is 24.6. The fourth-order valence-corrected chi connectivity index (χ4v) is 7.50. The molecular weight excluding hydrogens is 336 g/mol. The summed E-state index contributed by atoms with van der Waals surface area (Å²) in [5, 5.41) is 0. The van der Waals surface area contributed by atoms with Gasteiger partial charge in [-0.3, -0.25) is 9.59 Å². The third kappa shape index (κ3) is 2.99. The summed E-state index contributed by atoms with van der Waals surface area (Å²) >= 11 is 0. The highest BCUT2D eigenvalue weighted by molar-refractivity contribution is 5.79. The zero-order valence-electron chi connectivity index (χ0n) is 18.0. The average Bonchev–Trinajstić information content (AvgIpc) is 2.91. The molecule has 0 amide bonds. The lowest BCUT2D eigenvalue weighted by atomic mass is 9.45. The maximum Gasteiger partial charge on any atom is 0.311 e. The van der Waals surface area contributed by atoms with Gasteiger partial charge in [0.1, 0.15) is 11.9 Å². The van der Waals surface area contributed by atoms with Crippen LogP contribution in [0, 0.1) is 39.9 Å². The van der Waals surface area contributed by atoms with Crippen molar-refractivity contribution in [2.45, 2.75) is 98.5 Å². The fraction of sp³-hybridized carbons (Fsp3) is 0.917. The largest absolute Gasteiger partial charge is 0.461 e. The van der Waals surface area contributed by atoms with Crippen molar-refractivity contribution >= 4 is 11.8 Å². The first-order valence-corrected chi connectivity index (χ1v) is 11.3. The quantitative estimate of drug-likeness (QED) is 0.565. The van der Waals surface area contributed by atoms with Gasteiger partial charge in [-0.05, 0) is 94.8 Å². The molecule has 0 saturated heterocycles. The predicted octanol–water partition coefficient (Wildman–Crippen LogP) is 5.56. The molecule has 27 heavy (non-hydrogen) atoms. The standard InChI is InChI=1S/C24H38O3/c1-22(2,3)21(26)27-20-9-8-18-17-7-6-15-14-16(25)10-12-23(15,4)19(17)11-13-24(18,20)5/h15,17-20H,6-14H2,1-5H3/t15?,17-,18-,19-,20-,23-,24-/m0/s1. The molecule has 3 heteroatoms. The summed E-state index contributed by atoms with van der Waals surface area (Å²) in [6, 6.07) is 0. The van der Waals surface area contributed by atoms with Crippen LogP contribution in [0.1, 0.15) is 92.4 Å². The van der Waals surface area contributed by atoms with Crippen LogP contribution in [-0.4, -0.2) is 17.9 Å². The van der Waals surface area contributed by atoms with Crippen molar-refractivity contribution < 1.29 is 14.3 Å². The van der Waals surface area contributed by atoms with Gasteiger partial charge in [0.05, 0.1) is 5.41 Å². The van der Waals surface area contributed by atoms with Crippen LogP contribution >= 0.6 is 0 Å². The van der Waals surface area contributed by atoms with Gasteiger partial charge in [-0.25, -0.2) is 0 Å². The first-order chi connectivity index (χ1) is 12.6. The lowest BCUT2D eigenvalue weighted by Crippen LogP contribution is -2.54. The third-order valence-electron chi connectivity index (χ3n) is 9.26. The lowest BCUT2D eigenvalue weighted by Gasteiger charge is -2.60. The Morgan fingerprint density at radius 2 is 1.67 bits per heavy atom. The van der Waals surface area contributed by atoms with E-state index < -0.39 is 5.41 Å². The smallest absolute Gasteiger partial charge is 0.311 e. The molecule has 1 unspecified atom stereocenters. The van der Waals surface area contributed by atoms with E-state index in [1.807, 2.05) is 20.8 Å². The van der Waals surface area contributed by atoms with E-state index in [9.17, 15) is 9.59 Å². The normalized spacial score (nSPS) is 47.0. The van der Waals surface area contributed by atoms with Gasteiger partial charge >= 0.3 is 5.97 Å². The number of ether oxygens (including phenoxy) is 1. The number of fused-ring (bicyclic) bond motifs is 5. The second-order valence-corrected chi connectivity index (χ2v) is 11.7. The SMILES string of the molecule is CC(C)(C)C(=O)O[C@H]1CC[C@H]2[C@@H]3CCC4CC(=O)CC[C@]4(C)[C@H]3CC[C@]12C. The van der Waals surface area contributed by atoms with E-state index in [2.05, 4.69) is 13.8 Å². The molecule has 0 aliphatic heterocycles. The molecule has 0 aromatic rings. The number of esters is 1. The second-order valence-electron chi connectivity index (χ2n) is 11.7. The Balaban J connectivity index is 1.54. The monoisotopic (exact) mass is 374 g/mol. The van der Waals surface area contributed by atoms with E-state index in [1.165, 1.54) is 32.1 Å². The molecule has 4 aliphatic rings. The molecule has 0 N–H and O–H groups in total. The first-order valence-electron chi connectivity index (χ1n) is 11.3. The van der Waals surface area contributed by atoms with Gasteiger partial charge in [-0.1, -0.05) is 13.8 Å². The molecule has 3 nitrogen and oxygen atoms in total. The van der Waals surface area contributed by atoms with E-state index in [-0.39, 0.29) is 17.5 Å². The molecule has 4 fully saturated rings. The van der Waals surface area contributed by atoms with Crippen molar-refractivity contribution in [2.24, 2.45) is 39.9 Å². The Hall–Kier alpha value is -0.860. The number of rotatable bonds is 1. The summed E-state index contributed by atoms with van der Waals surface area (Å²) in [6.07, 6.45) is 9.99. The van der Waals surface area contributed by atoms with Gasteiger partial charge in [-0.2, -0.15) is 0 Å². The van der Waals surface area contributed by atoms with Crippen molar-refractivity contribution in [3.8, 4) is 0 Å². The molecule has 0 aromatic heterocycles. The van der Waals surface area contributed by atoms with Gasteiger partial charge < -0.3 is 4.74 Å². The molecule has 7 atom stereocenters. The van der Waals surface area contributed by atoms with Crippen LogP contribution < -0.4 is 0 Å². The van der Waals surface area contributed by atoms with Crippen molar-refractivity contribution in [3.05, 3.63) is 0 Å². The van der Waals surface area contributed by atoms with Crippen LogP contribution in [0.5, 0.6) is 0 Å². The van der Waals surface area contributed by atoms with E-state index in [0.29, 0.717) is 23.0 Å². The summed E-state index contributed by atoms with van der Waals surface area (Å²) in [6.45, 7) is 10.8. The minimum atomic E-state index is -0.425. The summed E-state index contributed by atoms with van der Waals surface area (Å²) in [5.74, 6) is 3.27. The number of carbonyl (C=O) groups is 2. The number of hydrogen-bond acceptors (Lipinski definition) is 3. The number of hydrogen-bond donors (Lipinski definition) is 0. The van der Waals surface area contributed by atoms with Crippen molar-refractivity contribution in [1.82, 2.24) is 0 Å². The summed E-state index contributed by atoms with van der Waals surface area (Å²) < 4.78 is 6.09. The second kappa shape index (κ2) is 6.32. The molecule has 152 valence electrons. The number of Topliss-reactive ketones (excluding diaryl/α,β-unsaturated/α-hetero) is 1. The first kappa shape index (κ1) is 19.5. The molecular formula is C24H38O3. The van der Waals surface area contributed by atoms with Gasteiger partial charge in [0.15, 0.2) is 0 Å². The Bertz CT molecular complexity index is 632. The van der Waals surface area contributed by atoms with Gasteiger partial charge in [0.2, 0.25) is 0 Å². The zero-order valence-corrected chi connectivity index (χ0v) is 18.0. The molecule has 0 aromatic carbocycles. The predicted molar refractivity (Wildman–Crippen MR) is 106 cm³/mol. The molecule has 0 radical (unpaired) electrons. The van der Waals surface area contributed by atoms with Crippen molar-refractivity contribution in [1.29, 1.82) is 0 Å². The summed E-state index contributed by atoms with van der Waals surface area (Å²) in [7, 11) is 0. The lowest BCUT2D eigenvalue weighted by molar-refractivity contribution is -0.172. The Morgan fingerprint density at radius 1 is 0.963 bits per heavy atom. The average molecular weight is 375 g/mol. The van der Waals surface area contributed by atoms with Crippen LogP contribution in [0.15, 0.2) is 0 Å². The van der Waals surface area contributed by atoms with Crippen LogP contribution in [0.4, 0.5) is 0 Å². The summed E-state index contributed by atoms with van der Waals surface area (Å²) in [5.41, 5.74) is 0.0832. The van der Waals surface area contributed by atoms with Crippen LogP contribution in [0.25, 0.3) is 0 Å². The molecule has 0 bridgehead atoms. The highest BCUT2D eigenvalue weighted by Gasteiger charge is 2.61. The fourth-order valence-electron chi connectivity index (χ4n) is 7.50. The van der Waals surface area contributed by atoms with Gasteiger partial charge in [0, 0.05) is 18.3 Å². The highest BCUT2D eigenvalue weighted by Crippen LogP contribution is 2.66. The molecule has 0 spiro atoms. The molecule has 4 rings (SSSR count). The van der Waals surface area contributed by atoms with E-state index >= 15 is 0 Å². The van der Waals surface area contributed by atoms with E-state index in [1.54, 1.807) is 0 Å². The molecule has 4 aliphatic carbocycles.